The average molecular weight is 498 g/mol. The summed E-state index contributed by atoms with van der Waals surface area (Å²) in [5.41, 5.74) is 1.58. The minimum Gasteiger partial charge on any atom is -0.493 e. The zero-order valence-electron chi connectivity index (χ0n) is 16.4. The molecule has 0 aliphatic rings. The number of nitrogens with one attached hydrogen (secondary N) is 2. The molecule has 0 fully saturated rings. The molecule has 0 atom stereocenters. The minimum absolute atomic E-state index is 0.101. The highest BCUT2D eigenvalue weighted by atomic mass is 35.5. The monoisotopic (exact) mass is 497 g/mol. The van der Waals surface area contributed by atoms with Gasteiger partial charge >= 0.3 is 0 Å². The van der Waals surface area contributed by atoms with Gasteiger partial charge in [-0.25, -0.2) is 4.98 Å². The second-order valence-electron chi connectivity index (χ2n) is 5.97. The third-order valence-electron chi connectivity index (χ3n) is 3.91. The molecule has 0 unspecified atom stereocenters. The standard InChI is InChI=1S/C20H17Cl2N3O4S2/c1-27-16-5-3-11(7-17(16)28-2)14-10-31-20(23-14)25-19(30)24-18(26)9-29-15-6-4-12(21)8-13(15)22/h3-8,10H,9H2,1-2H3,(H2,23,24,25,26,30). The predicted octanol–water partition coefficient (Wildman–Crippen LogP) is 5.03. The fourth-order valence-corrected chi connectivity index (χ4v) is 3.95. The van der Waals surface area contributed by atoms with Crippen molar-refractivity contribution in [3.8, 4) is 28.5 Å². The van der Waals surface area contributed by atoms with Crippen molar-refractivity contribution in [1.82, 2.24) is 10.3 Å². The Bertz CT molecular complexity index is 1110. The molecule has 3 rings (SSSR count). The topological polar surface area (TPSA) is 81.7 Å². The molecule has 0 radical (unpaired) electrons. The molecule has 1 amide bonds. The molecule has 0 bridgehead atoms. The van der Waals surface area contributed by atoms with Crippen molar-refractivity contribution in [2.45, 2.75) is 0 Å². The Morgan fingerprint density at radius 1 is 1.10 bits per heavy atom. The molecule has 0 saturated heterocycles. The maximum Gasteiger partial charge on any atom is 0.264 e. The van der Waals surface area contributed by atoms with Crippen LogP contribution >= 0.6 is 46.8 Å². The van der Waals surface area contributed by atoms with E-state index in [1.807, 2.05) is 17.5 Å². The molecule has 2 aromatic carbocycles. The molecule has 0 spiro atoms. The number of amides is 1. The normalized spacial score (nSPS) is 10.3. The minimum atomic E-state index is -0.444. The number of thiocarbonyl (C=S) groups is 1. The number of methoxy groups -OCH3 is 2. The summed E-state index contributed by atoms with van der Waals surface area (Å²) in [6.45, 7) is -0.266. The van der Waals surface area contributed by atoms with Crippen LogP contribution in [0, 0.1) is 0 Å². The van der Waals surface area contributed by atoms with Gasteiger partial charge in [-0.15, -0.1) is 11.3 Å². The van der Waals surface area contributed by atoms with E-state index in [1.165, 1.54) is 17.4 Å². The van der Waals surface area contributed by atoms with Gasteiger partial charge in [0.2, 0.25) is 0 Å². The summed E-state index contributed by atoms with van der Waals surface area (Å²) in [7, 11) is 3.15. The van der Waals surface area contributed by atoms with E-state index in [0.29, 0.717) is 32.4 Å². The van der Waals surface area contributed by atoms with E-state index >= 15 is 0 Å². The molecular formula is C20H17Cl2N3O4S2. The highest BCUT2D eigenvalue weighted by molar-refractivity contribution is 7.80. The van der Waals surface area contributed by atoms with Gasteiger partial charge < -0.3 is 19.5 Å². The second kappa shape index (κ2) is 10.6. The van der Waals surface area contributed by atoms with E-state index < -0.39 is 5.91 Å². The van der Waals surface area contributed by atoms with Gasteiger partial charge in [-0.2, -0.15) is 0 Å². The molecule has 11 heteroatoms. The van der Waals surface area contributed by atoms with E-state index in [4.69, 9.17) is 49.6 Å². The third-order valence-corrected chi connectivity index (χ3v) is 5.40. The summed E-state index contributed by atoms with van der Waals surface area (Å²) in [6, 6.07) is 10.2. The molecule has 162 valence electrons. The first kappa shape index (κ1) is 23.1. The van der Waals surface area contributed by atoms with E-state index in [1.54, 1.807) is 32.4 Å². The molecule has 1 heterocycles. The van der Waals surface area contributed by atoms with E-state index in [2.05, 4.69) is 15.6 Å². The van der Waals surface area contributed by atoms with Crippen molar-refractivity contribution in [3.05, 3.63) is 51.8 Å². The number of carbonyl (C=O) groups excluding carboxylic acids is 1. The summed E-state index contributed by atoms with van der Waals surface area (Å²) in [6.07, 6.45) is 0. The van der Waals surface area contributed by atoms with Crippen LogP contribution < -0.4 is 24.8 Å². The number of thiazole rings is 1. The van der Waals surface area contributed by atoms with Gasteiger partial charge in [0, 0.05) is 16.0 Å². The lowest BCUT2D eigenvalue weighted by molar-refractivity contribution is -0.121. The SMILES string of the molecule is COc1ccc(-c2csc(NC(=S)NC(=O)COc3ccc(Cl)cc3Cl)n2)cc1OC. The number of rotatable bonds is 7. The van der Waals surface area contributed by atoms with Gasteiger partial charge in [-0.05, 0) is 48.6 Å². The Morgan fingerprint density at radius 2 is 1.84 bits per heavy atom. The van der Waals surface area contributed by atoms with Crippen LogP contribution in [0.25, 0.3) is 11.3 Å². The predicted molar refractivity (Wildman–Crippen MR) is 127 cm³/mol. The highest BCUT2D eigenvalue weighted by Gasteiger charge is 2.12. The number of nitrogens with zero attached hydrogens (tertiary/aromatic N) is 1. The molecule has 0 saturated carbocycles. The summed E-state index contributed by atoms with van der Waals surface area (Å²) < 4.78 is 15.9. The van der Waals surface area contributed by atoms with E-state index in [0.717, 1.165) is 11.3 Å². The summed E-state index contributed by atoms with van der Waals surface area (Å²) in [5.74, 6) is 1.14. The largest absolute Gasteiger partial charge is 0.493 e. The van der Waals surface area contributed by atoms with Crippen molar-refractivity contribution in [3.63, 3.8) is 0 Å². The van der Waals surface area contributed by atoms with Crippen LogP contribution in [0.4, 0.5) is 5.13 Å². The maximum absolute atomic E-state index is 12.1. The van der Waals surface area contributed by atoms with Crippen LogP contribution in [0.1, 0.15) is 0 Å². The van der Waals surface area contributed by atoms with Crippen LogP contribution in [0.2, 0.25) is 10.0 Å². The van der Waals surface area contributed by atoms with Crippen LogP contribution in [0.3, 0.4) is 0 Å². The van der Waals surface area contributed by atoms with Crippen molar-refractivity contribution < 1.29 is 19.0 Å². The number of benzene rings is 2. The van der Waals surface area contributed by atoms with Gasteiger partial charge in [0.25, 0.3) is 5.91 Å². The van der Waals surface area contributed by atoms with Crippen LogP contribution in [0.15, 0.2) is 41.8 Å². The molecule has 7 nitrogen and oxygen atoms in total. The van der Waals surface area contributed by atoms with E-state index in [-0.39, 0.29) is 11.7 Å². The zero-order chi connectivity index (χ0) is 22.4. The Balaban J connectivity index is 1.55. The fraction of sp³-hybridized carbons (Fsp3) is 0.150. The number of ether oxygens (including phenoxy) is 3. The molecule has 0 aliphatic carbocycles. The lowest BCUT2D eigenvalue weighted by Gasteiger charge is -2.10. The molecule has 1 aromatic heterocycles. The smallest absolute Gasteiger partial charge is 0.264 e. The Kier molecular flexibility index (Phi) is 7.91. The number of hydrogen-bond donors (Lipinski definition) is 2. The lowest BCUT2D eigenvalue weighted by Crippen LogP contribution is -2.37. The number of carbonyl (C=O) groups is 1. The Hall–Kier alpha value is -2.59. The van der Waals surface area contributed by atoms with Gasteiger partial charge in [0.05, 0.1) is 24.9 Å². The van der Waals surface area contributed by atoms with E-state index in [9.17, 15) is 4.79 Å². The first-order valence-corrected chi connectivity index (χ1v) is 10.8. The summed E-state index contributed by atoms with van der Waals surface area (Å²) >= 11 is 18.4. The van der Waals surface area contributed by atoms with Crippen LogP contribution in [-0.2, 0) is 4.79 Å². The van der Waals surface area contributed by atoms with Gasteiger partial charge in [-0.3, -0.25) is 10.1 Å². The summed E-state index contributed by atoms with van der Waals surface area (Å²) in [4.78, 5) is 16.6. The molecular weight excluding hydrogens is 481 g/mol. The van der Waals surface area contributed by atoms with Crippen molar-refractivity contribution in [1.29, 1.82) is 0 Å². The molecule has 31 heavy (non-hydrogen) atoms. The number of anilines is 1. The second-order valence-corrected chi connectivity index (χ2v) is 8.08. The van der Waals surface area contributed by atoms with Crippen molar-refractivity contribution in [2.75, 3.05) is 26.1 Å². The summed E-state index contributed by atoms with van der Waals surface area (Å²) in [5, 5.41) is 8.69. The van der Waals surface area contributed by atoms with Crippen molar-refractivity contribution in [2.24, 2.45) is 0 Å². The first-order chi connectivity index (χ1) is 14.9. The maximum atomic E-state index is 12.1. The fourth-order valence-electron chi connectivity index (χ4n) is 2.49. The molecule has 0 aliphatic heterocycles. The molecule has 2 N–H and O–H groups in total. The third kappa shape index (κ3) is 6.20. The Labute approximate surface area is 198 Å². The van der Waals surface area contributed by atoms with Crippen LogP contribution in [-0.4, -0.2) is 36.8 Å². The Morgan fingerprint density at radius 3 is 2.55 bits per heavy atom. The number of aromatic nitrogens is 1. The highest BCUT2D eigenvalue weighted by Crippen LogP contribution is 2.33. The lowest BCUT2D eigenvalue weighted by atomic mass is 10.1. The van der Waals surface area contributed by atoms with Gasteiger partial charge in [-0.1, -0.05) is 23.2 Å². The number of halogens is 2. The van der Waals surface area contributed by atoms with Gasteiger partial charge in [0.15, 0.2) is 28.3 Å². The number of hydrogen-bond acceptors (Lipinski definition) is 7. The molecule has 3 aromatic rings. The quantitative estimate of drug-likeness (QED) is 0.443. The van der Waals surface area contributed by atoms with Crippen LogP contribution in [0.5, 0.6) is 17.2 Å². The average Bonchev–Trinajstić information content (AvgIpc) is 3.20. The van der Waals surface area contributed by atoms with Crippen molar-refractivity contribution >= 4 is 62.9 Å². The first-order valence-electron chi connectivity index (χ1n) is 8.76. The van der Waals surface area contributed by atoms with Gasteiger partial charge in [0.1, 0.15) is 5.75 Å². The zero-order valence-corrected chi connectivity index (χ0v) is 19.5.